The zero-order chi connectivity index (χ0) is 20.4. The van der Waals surface area contributed by atoms with Crippen molar-refractivity contribution in [3.8, 4) is 11.4 Å². The zero-order valence-corrected chi connectivity index (χ0v) is 16.9. The molecule has 0 unspecified atom stereocenters. The van der Waals surface area contributed by atoms with Crippen molar-refractivity contribution in [2.75, 3.05) is 0 Å². The average Bonchev–Trinajstić information content (AvgIpc) is 2.76. The van der Waals surface area contributed by atoms with Crippen LogP contribution < -0.4 is 10.9 Å². The molecule has 4 rings (SSSR count). The van der Waals surface area contributed by atoms with Gasteiger partial charge in [0.05, 0.1) is 5.39 Å². The zero-order valence-electron chi connectivity index (χ0n) is 15.3. The number of pyridine rings is 1. The second kappa shape index (κ2) is 7.93. The van der Waals surface area contributed by atoms with Gasteiger partial charge in [0.25, 0.3) is 11.5 Å². The van der Waals surface area contributed by atoms with Crippen LogP contribution in [0.4, 0.5) is 0 Å². The van der Waals surface area contributed by atoms with Gasteiger partial charge in [0.2, 0.25) is 0 Å². The first-order valence-corrected chi connectivity index (χ1v) is 9.80. The Kier molecular flexibility index (Phi) is 5.18. The summed E-state index contributed by atoms with van der Waals surface area (Å²) >= 11 is 3.37. The fraction of sp³-hybridized carbons (Fsp3) is 0.0435. The van der Waals surface area contributed by atoms with Crippen LogP contribution in [0.25, 0.3) is 16.5 Å². The van der Waals surface area contributed by atoms with Crippen LogP contribution in [0.5, 0.6) is 5.75 Å². The molecule has 0 saturated heterocycles. The highest BCUT2D eigenvalue weighted by Crippen LogP contribution is 2.28. The molecule has 0 aliphatic carbocycles. The van der Waals surface area contributed by atoms with Crippen molar-refractivity contribution in [1.29, 1.82) is 0 Å². The lowest BCUT2D eigenvalue weighted by Crippen LogP contribution is -2.31. The van der Waals surface area contributed by atoms with E-state index in [4.69, 9.17) is 0 Å². The van der Waals surface area contributed by atoms with E-state index in [0.29, 0.717) is 16.5 Å². The molecule has 5 nitrogen and oxygen atoms in total. The minimum atomic E-state index is -0.530. The van der Waals surface area contributed by atoms with Gasteiger partial charge >= 0.3 is 0 Å². The average molecular weight is 449 g/mol. The van der Waals surface area contributed by atoms with Gasteiger partial charge in [-0.15, -0.1) is 0 Å². The molecule has 0 fully saturated rings. The van der Waals surface area contributed by atoms with Crippen LogP contribution in [-0.4, -0.2) is 15.6 Å². The summed E-state index contributed by atoms with van der Waals surface area (Å²) in [5.41, 5.74) is 0.945. The van der Waals surface area contributed by atoms with E-state index in [1.165, 1.54) is 4.57 Å². The summed E-state index contributed by atoms with van der Waals surface area (Å²) in [4.78, 5) is 26.3. The molecule has 29 heavy (non-hydrogen) atoms. The van der Waals surface area contributed by atoms with Crippen molar-refractivity contribution in [3.63, 3.8) is 0 Å². The summed E-state index contributed by atoms with van der Waals surface area (Å²) in [6.07, 6.45) is 0. The smallest absolute Gasteiger partial charge is 0.272 e. The van der Waals surface area contributed by atoms with Gasteiger partial charge < -0.3 is 10.4 Å². The first-order valence-electron chi connectivity index (χ1n) is 9.01. The van der Waals surface area contributed by atoms with Gasteiger partial charge in [-0.05, 0) is 35.9 Å². The predicted octanol–water partition coefficient (Wildman–Crippen LogP) is 4.39. The molecular weight excluding hydrogens is 432 g/mol. The summed E-state index contributed by atoms with van der Waals surface area (Å²) < 4.78 is 2.10. The van der Waals surface area contributed by atoms with E-state index < -0.39 is 5.91 Å². The topological polar surface area (TPSA) is 71.3 Å². The molecule has 4 aromatic rings. The third-order valence-corrected chi connectivity index (χ3v) is 5.19. The van der Waals surface area contributed by atoms with Gasteiger partial charge in [0.1, 0.15) is 0 Å². The van der Waals surface area contributed by atoms with Crippen LogP contribution in [-0.2, 0) is 6.54 Å². The third kappa shape index (κ3) is 3.67. The Morgan fingerprint density at radius 2 is 1.52 bits per heavy atom. The Labute approximate surface area is 175 Å². The quantitative estimate of drug-likeness (QED) is 0.486. The number of rotatable bonds is 4. The lowest BCUT2D eigenvalue weighted by molar-refractivity contribution is 0.0940. The minimum Gasteiger partial charge on any atom is -0.505 e. The molecule has 0 bridgehead atoms. The Balaban J connectivity index is 1.87. The van der Waals surface area contributed by atoms with E-state index in [-0.39, 0.29) is 23.5 Å². The molecular formula is C23H17BrN2O3. The van der Waals surface area contributed by atoms with Crippen molar-refractivity contribution in [3.05, 3.63) is 105 Å². The van der Waals surface area contributed by atoms with Crippen LogP contribution in [0.1, 0.15) is 16.1 Å². The van der Waals surface area contributed by atoms with Crippen LogP contribution >= 0.6 is 15.9 Å². The summed E-state index contributed by atoms with van der Waals surface area (Å²) in [7, 11) is 0. The van der Waals surface area contributed by atoms with E-state index in [2.05, 4.69) is 21.2 Å². The molecule has 1 amide bonds. The van der Waals surface area contributed by atoms with E-state index in [0.717, 1.165) is 10.0 Å². The minimum absolute atomic E-state index is 0.0908. The maximum absolute atomic E-state index is 13.2. The molecule has 0 radical (unpaired) electrons. The van der Waals surface area contributed by atoms with Crippen molar-refractivity contribution in [2.45, 2.75) is 6.54 Å². The number of nitrogens with zero attached hydrogens (tertiary/aromatic N) is 1. The van der Waals surface area contributed by atoms with Crippen LogP contribution in [0, 0.1) is 0 Å². The van der Waals surface area contributed by atoms with E-state index in [1.54, 1.807) is 48.5 Å². The van der Waals surface area contributed by atoms with Gasteiger partial charge in [0.15, 0.2) is 11.4 Å². The molecule has 0 spiro atoms. The van der Waals surface area contributed by atoms with Gasteiger partial charge in [0, 0.05) is 22.1 Å². The molecule has 3 aromatic carbocycles. The Morgan fingerprint density at radius 3 is 2.21 bits per heavy atom. The lowest BCUT2D eigenvalue weighted by Gasteiger charge is -2.16. The number of amides is 1. The molecule has 2 N–H and O–H groups in total. The Morgan fingerprint density at radius 1 is 0.897 bits per heavy atom. The number of carbonyl (C=O) groups excluding carboxylic acids is 1. The standard InChI is InChI=1S/C23H17BrN2O3/c24-16-10-12-17(13-11-16)26-20(22(28)25-14-15-6-2-1-3-7-15)21(27)18-8-4-5-9-19(18)23(26)29/h1-13,27H,14H2,(H,25,28). The largest absolute Gasteiger partial charge is 0.505 e. The summed E-state index contributed by atoms with van der Waals surface area (Å²) in [6.45, 7) is 0.278. The van der Waals surface area contributed by atoms with Crippen molar-refractivity contribution in [2.24, 2.45) is 0 Å². The first-order chi connectivity index (χ1) is 14.1. The summed E-state index contributed by atoms with van der Waals surface area (Å²) in [5.74, 6) is -0.759. The number of carbonyl (C=O) groups is 1. The second-order valence-corrected chi connectivity index (χ2v) is 7.44. The maximum Gasteiger partial charge on any atom is 0.272 e. The summed E-state index contributed by atoms with van der Waals surface area (Å²) in [5, 5.41) is 14.4. The van der Waals surface area contributed by atoms with E-state index >= 15 is 0 Å². The SMILES string of the molecule is O=C(NCc1ccccc1)c1c(O)c2ccccc2c(=O)n1-c1ccc(Br)cc1. The van der Waals surface area contributed by atoms with E-state index in [1.807, 2.05) is 30.3 Å². The number of fused-ring (bicyclic) bond motifs is 1. The number of nitrogens with one attached hydrogen (secondary N) is 1. The van der Waals surface area contributed by atoms with Gasteiger partial charge in [-0.25, -0.2) is 0 Å². The fourth-order valence-corrected chi connectivity index (χ4v) is 3.50. The van der Waals surface area contributed by atoms with E-state index in [9.17, 15) is 14.7 Å². The Bertz CT molecular complexity index is 1250. The molecule has 0 aliphatic rings. The molecule has 1 heterocycles. The molecule has 0 aliphatic heterocycles. The normalized spacial score (nSPS) is 10.8. The fourth-order valence-electron chi connectivity index (χ4n) is 3.24. The number of hydrogen-bond donors (Lipinski definition) is 2. The number of benzene rings is 3. The Hall–Kier alpha value is -3.38. The molecule has 144 valence electrons. The molecule has 6 heteroatoms. The molecule has 1 aromatic heterocycles. The second-order valence-electron chi connectivity index (χ2n) is 6.53. The number of hydrogen-bond acceptors (Lipinski definition) is 3. The number of halogens is 1. The number of aromatic nitrogens is 1. The van der Waals surface area contributed by atoms with Crippen LogP contribution in [0.2, 0.25) is 0 Å². The highest BCUT2D eigenvalue weighted by Gasteiger charge is 2.22. The predicted molar refractivity (Wildman–Crippen MR) is 117 cm³/mol. The van der Waals surface area contributed by atoms with Crippen molar-refractivity contribution in [1.82, 2.24) is 9.88 Å². The van der Waals surface area contributed by atoms with Crippen molar-refractivity contribution >= 4 is 32.6 Å². The summed E-state index contributed by atoms with van der Waals surface area (Å²) in [6, 6.07) is 23.1. The highest BCUT2D eigenvalue weighted by molar-refractivity contribution is 9.10. The third-order valence-electron chi connectivity index (χ3n) is 4.66. The first kappa shape index (κ1) is 19.0. The van der Waals surface area contributed by atoms with Crippen LogP contribution in [0.3, 0.4) is 0 Å². The monoisotopic (exact) mass is 448 g/mol. The molecule has 0 saturated carbocycles. The highest BCUT2D eigenvalue weighted by atomic mass is 79.9. The molecule has 0 atom stereocenters. The van der Waals surface area contributed by atoms with Gasteiger partial charge in [-0.1, -0.05) is 64.5 Å². The maximum atomic E-state index is 13.2. The van der Waals surface area contributed by atoms with Crippen molar-refractivity contribution < 1.29 is 9.90 Å². The van der Waals surface area contributed by atoms with Gasteiger partial charge in [-0.2, -0.15) is 0 Å². The number of aromatic hydroxyl groups is 1. The van der Waals surface area contributed by atoms with Gasteiger partial charge in [-0.3, -0.25) is 14.2 Å². The van der Waals surface area contributed by atoms with Crippen LogP contribution in [0.15, 0.2) is 88.1 Å². The lowest BCUT2D eigenvalue weighted by atomic mass is 10.1.